The second kappa shape index (κ2) is 8.67. The highest BCUT2D eigenvalue weighted by Gasteiger charge is 2.44. The predicted octanol–water partition coefficient (Wildman–Crippen LogP) is 5.17. The van der Waals surface area contributed by atoms with Crippen LogP contribution in [0.4, 0.5) is 5.69 Å². The van der Waals surface area contributed by atoms with Crippen molar-refractivity contribution < 1.29 is 9.53 Å². The van der Waals surface area contributed by atoms with Gasteiger partial charge in [-0.05, 0) is 55.5 Å². The molecule has 6 heteroatoms. The van der Waals surface area contributed by atoms with E-state index in [9.17, 15) is 10.1 Å². The molecule has 0 aromatic heterocycles. The zero-order valence-electron chi connectivity index (χ0n) is 16.9. The molecule has 0 N–H and O–H groups in total. The number of rotatable bonds is 7. The van der Waals surface area contributed by atoms with E-state index in [1.807, 2.05) is 50.1 Å². The molecule has 150 valence electrons. The Balaban J connectivity index is 1.65. The molecule has 1 saturated carbocycles. The lowest BCUT2D eigenvalue weighted by atomic mass is 9.97. The van der Waals surface area contributed by atoms with Crippen molar-refractivity contribution in [2.24, 2.45) is 4.99 Å². The summed E-state index contributed by atoms with van der Waals surface area (Å²) in [5, 5.41) is 9.68. The summed E-state index contributed by atoms with van der Waals surface area (Å²) in [6, 6.07) is 13.5. The van der Waals surface area contributed by atoms with Gasteiger partial charge < -0.3 is 9.64 Å². The van der Waals surface area contributed by atoms with Crippen LogP contribution < -0.4 is 0 Å². The highest BCUT2D eigenvalue weighted by Crippen LogP contribution is 2.47. The molecule has 0 saturated heterocycles. The summed E-state index contributed by atoms with van der Waals surface area (Å²) in [6.45, 7) is 4.86. The molecule has 0 radical (unpaired) electrons. The van der Waals surface area contributed by atoms with Gasteiger partial charge in [0.05, 0.1) is 34.1 Å². The number of hydrogen-bond acceptors (Lipinski definition) is 4. The van der Waals surface area contributed by atoms with Crippen molar-refractivity contribution in [1.82, 2.24) is 4.90 Å². The van der Waals surface area contributed by atoms with E-state index in [1.165, 1.54) is 0 Å². The van der Waals surface area contributed by atoms with Crippen molar-refractivity contribution in [3.8, 4) is 6.07 Å². The third-order valence-electron chi connectivity index (χ3n) is 5.25. The van der Waals surface area contributed by atoms with Gasteiger partial charge in [-0.1, -0.05) is 35.9 Å². The molecule has 0 bridgehead atoms. The number of hydrogen-bond donors (Lipinski definition) is 0. The first-order valence-electron chi connectivity index (χ1n) is 9.61. The SMILES string of the molecule is CCN(C)C=Nc1cc(C)c(C(=O)OCc2ccc(C3(C#N)CC3)cc2)cc1Cl. The normalized spacial score (nSPS) is 14.4. The second-order valence-corrected chi connectivity index (χ2v) is 7.81. The molecule has 3 rings (SSSR count). The maximum absolute atomic E-state index is 12.5. The minimum Gasteiger partial charge on any atom is -0.457 e. The Hall–Kier alpha value is -2.84. The van der Waals surface area contributed by atoms with E-state index in [4.69, 9.17) is 16.3 Å². The Labute approximate surface area is 176 Å². The molecule has 0 atom stereocenters. The molecule has 0 heterocycles. The van der Waals surface area contributed by atoms with Gasteiger partial charge >= 0.3 is 5.97 Å². The van der Waals surface area contributed by atoms with Gasteiger partial charge in [0.15, 0.2) is 0 Å². The molecule has 2 aromatic carbocycles. The van der Waals surface area contributed by atoms with E-state index >= 15 is 0 Å². The van der Waals surface area contributed by atoms with E-state index in [0.29, 0.717) is 16.3 Å². The largest absolute Gasteiger partial charge is 0.457 e. The number of esters is 1. The van der Waals surface area contributed by atoms with Crippen molar-refractivity contribution in [3.63, 3.8) is 0 Å². The molecular weight excluding hydrogens is 386 g/mol. The van der Waals surface area contributed by atoms with E-state index in [2.05, 4.69) is 11.1 Å². The number of carbonyl (C=O) groups excluding carboxylic acids is 1. The van der Waals surface area contributed by atoms with Crippen LogP contribution in [0.2, 0.25) is 5.02 Å². The van der Waals surface area contributed by atoms with Gasteiger partial charge in [0, 0.05) is 13.6 Å². The van der Waals surface area contributed by atoms with Crippen LogP contribution in [0.3, 0.4) is 0 Å². The fraction of sp³-hybridized carbons (Fsp3) is 0.348. The summed E-state index contributed by atoms with van der Waals surface area (Å²) in [4.78, 5) is 18.8. The number of benzene rings is 2. The van der Waals surface area contributed by atoms with Gasteiger partial charge in [-0.15, -0.1) is 0 Å². The van der Waals surface area contributed by atoms with E-state index in [1.54, 1.807) is 18.5 Å². The van der Waals surface area contributed by atoms with Crippen LogP contribution >= 0.6 is 11.6 Å². The average Bonchev–Trinajstić information content (AvgIpc) is 3.53. The Kier molecular flexibility index (Phi) is 6.24. The molecule has 0 aliphatic heterocycles. The van der Waals surface area contributed by atoms with Gasteiger partial charge in [-0.3, -0.25) is 0 Å². The zero-order valence-corrected chi connectivity index (χ0v) is 17.7. The number of carbonyl (C=O) groups is 1. The quantitative estimate of drug-likeness (QED) is 0.359. The van der Waals surface area contributed by atoms with Crippen molar-refractivity contribution >= 4 is 29.6 Å². The summed E-state index contributed by atoms with van der Waals surface area (Å²) in [5.74, 6) is -0.426. The first-order chi connectivity index (χ1) is 13.9. The molecule has 1 aliphatic carbocycles. The Morgan fingerprint density at radius 2 is 2.03 bits per heavy atom. The van der Waals surface area contributed by atoms with Gasteiger partial charge in [0.25, 0.3) is 0 Å². The Bertz CT molecular complexity index is 973. The topological polar surface area (TPSA) is 65.7 Å². The van der Waals surface area contributed by atoms with Crippen LogP contribution in [0.1, 0.15) is 46.8 Å². The fourth-order valence-electron chi connectivity index (χ4n) is 2.96. The van der Waals surface area contributed by atoms with Crippen LogP contribution in [0, 0.1) is 18.3 Å². The molecular formula is C23H24ClN3O2. The maximum Gasteiger partial charge on any atom is 0.338 e. The van der Waals surface area contributed by atoms with E-state index in [0.717, 1.165) is 36.1 Å². The summed E-state index contributed by atoms with van der Waals surface area (Å²) >= 11 is 6.30. The zero-order chi connectivity index (χ0) is 21.0. The molecule has 0 unspecified atom stereocenters. The monoisotopic (exact) mass is 409 g/mol. The second-order valence-electron chi connectivity index (χ2n) is 7.40. The summed E-state index contributed by atoms with van der Waals surface area (Å²) in [6.07, 6.45) is 3.53. The number of nitriles is 1. The smallest absolute Gasteiger partial charge is 0.338 e. The Morgan fingerprint density at radius 1 is 1.34 bits per heavy atom. The number of nitrogens with zero attached hydrogens (tertiary/aromatic N) is 3. The van der Waals surface area contributed by atoms with E-state index in [-0.39, 0.29) is 12.0 Å². The summed E-state index contributed by atoms with van der Waals surface area (Å²) in [5.41, 5.74) is 3.40. The standard InChI is InChI=1S/C23H24ClN3O2/c1-4-27(3)15-26-21-11-16(2)19(12-20(21)24)22(28)29-13-17-5-7-18(8-6-17)23(14-25)9-10-23/h5-8,11-12,15H,4,9-10,13H2,1-3H3. The average molecular weight is 410 g/mol. The van der Waals surface area contributed by atoms with Crippen LogP contribution in [-0.2, 0) is 16.8 Å². The highest BCUT2D eigenvalue weighted by molar-refractivity contribution is 6.33. The van der Waals surface area contributed by atoms with Crippen LogP contribution in [0.5, 0.6) is 0 Å². The van der Waals surface area contributed by atoms with Crippen molar-refractivity contribution in [2.45, 2.75) is 38.7 Å². The lowest BCUT2D eigenvalue weighted by molar-refractivity contribution is 0.0472. The lowest BCUT2D eigenvalue weighted by Crippen LogP contribution is -2.14. The molecule has 1 aliphatic rings. The minimum absolute atomic E-state index is 0.164. The number of halogens is 1. The molecule has 1 fully saturated rings. The van der Waals surface area contributed by atoms with Crippen LogP contribution in [0.25, 0.3) is 0 Å². The van der Waals surface area contributed by atoms with Crippen molar-refractivity contribution in [1.29, 1.82) is 5.26 Å². The van der Waals surface area contributed by atoms with Gasteiger partial charge in [0.2, 0.25) is 0 Å². The highest BCUT2D eigenvalue weighted by atomic mass is 35.5. The summed E-state index contributed by atoms with van der Waals surface area (Å²) < 4.78 is 5.46. The van der Waals surface area contributed by atoms with Gasteiger partial charge in [-0.2, -0.15) is 5.26 Å². The minimum atomic E-state index is -0.426. The van der Waals surface area contributed by atoms with Gasteiger partial charge in [0.1, 0.15) is 6.61 Å². The molecule has 0 amide bonds. The summed E-state index contributed by atoms with van der Waals surface area (Å²) in [7, 11) is 1.92. The molecule has 2 aromatic rings. The Morgan fingerprint density at radius 3 is 2.62 bits per heavy atom. The predicted molar refractivity (Wildman–Crippen MR) is 115 cm³/mol. The first kappa shape index (κ1) is 20.9. The first-order valence-corrected chi connectivity index (χ1v) is 9.98. The number of aliphatic imine (C=N–C) groups is 1. The molecule has 0 spiro atoms. The maximum atomic E-state index is 12.5. The number of ether oxygens (including phenoxy) is 1. The third-order valence-corrected chi connectivity index (χ3v) is 5.55. The van der Waals surface area contributed by atoms with Gasteiger partial charge in [-0.25, -0.2) is 9.79 Å². The van der Waals surface area contributed by atoms with Crippen LogP contribution in [0.15, 0.2) is 41.4 Å². The van der Waals surface area contributed by atoms with Crippen molar-refractivity contribution in [3.05, 3.63) is 63.7 Å². The fourth-order valence-corrected chi connectivity index (χ4v) is 3.18. The number of aryl methyl sites for hydroxylation is 1. The molecule has 29 heavy (non-hydrogen) atoms. The van der Waals surface area contributed by atoms with Crippen molar-refractivity contribution in [2.75, 3.05) is 13.6 Å². The molecule has 5 nitrogen and oxygen atoms in total. The van der Waals surface area contributed by atoms with E-state index < -0.39 is 5.97 Å². The van der Waals surface area contributed by atoms with Crippen LogP contribution in [-0.4, -0.2) is 30.8 Å². The lowest BCUT2D eigenvalue weighted by Gasteiger charge is -2.11. The third kappa shape index (κ3) is 4.78.